The lowest BCUT2D eigenvalue weighted by Gasteiger charge is -2.46. The average molecular weight is 266 g/mol. The Bertz CT molecular complexity index is 263. The Morgan fingerprint density at radius 2 is 1.84 bits per heavy atom. The molecule has 2 unspecified atom stereocenters. The molecule has 1 heterocycles. The molecule has 1 N–H and O–H groups in total. The monoisotopic (exact) mass is 266 g/mol. The van der Waals surface area contributed by atoms with Crippen LogP contribution in [0.15, 0.2) is 0 Å². The molecule has 1 aliphatic carbocycles. The number of nitrogens with zero attached hydrogens (tertiary/aromatic N) is 1. The highest BCUT2D eigenvalue weighted by molar-refractivity contribution is 4.91. The van der Waals surface area contributed by atoms with E-state index >= 15 is 0 Å². The van der Waals surface area contributed by atoms with Crippen LogP contribution in [-0.4, -0.2) is 36.6 Å². The second kappa shape index (κ2) is 6.58. The van der Waals surface area contributed by atoms with Gasteiger partial charge in [-0.1, -0.05) is 47.0 Å². The van der Waals surface area contributed by atoms with E-state index in [9.17, 15) is 0 Å². The Kier molecular flexibility index (Phi) is 5.30. The zero-order valence-corrected chi connectivity index (χ0v) is 13.5. The lowest BCUT2D eigenvalue weighted by molar-refractivity contribution is 0.0572. The van der Waals surface area contributed by atoms with E-state index in [0.29, 0.717) is 11.5 Å². The Morgan fingerprint density at radius 1 is 1.16 bits per heavy atom. The summed E-state index contributed by atoms with van der Waals surface area (Å²) in [4.78, 5) is 2.81. The fraction of sp³-hybridized carbons (Fsp3) is 1.00. The summed E-state index contributed by atoms with van der Waals surface area (Å²) in [7, 11) is 0. The van der Waals surface area contributed by atoms with Crippen LogP contribution in [0, 0.1) is 11.3 Å². The van der Waals surface area contributed by atoms with Gasteiger partial charge in [-0.25, -0.2) is 0 Å². The Balaban J connectivity index is 1.97. The smallest absolute Gasteiger partial charge is 0.0244 e. The molecule has 0 aromatic carbocycles. The molecule has 1 aliphatic heterocycles. The second-order valence-corrected chi connectivity index (χ2v) is 7.74. The molecular formula is C17H34N2. The Hall–Kier alpha value is -0.0800. The quantitative estimate of drug-likeness (QED) is 0.838. The molecule has 2 nitrogen and oxygen atoms in total. The highest BCUT2D eigenvalue weighted by atomic mass is 15.2. The summed E-state index contributed by atoms with van der Waals surface area (Å²) in [5.74, 6) is 0.970. The minimum Gasteiger partial charge on any atom is -0.311 e. The minimum atomic E-state index is 0.378. The van der Waals surface area contributed by atoms with Crippen LogP contribution in [0.5, 0.6) is 0 Å². The van der Waals surface area contributed by atoms with Crippen LogP contribution in [-0.2, 0) is 0 Å². The Morgan fingerprint density at radius 3 is 2.42 bits per heavy atom. The third kappa shape index (κ3) is 3.95. The molecular weight excluding hydrogens is 232 g/mol. The minimum absolute atomic E-state index is 0.378. The van der Waals surface area contributed by atoms with Gasteiger partial charge >= 0.3 is 0 Å². The molecule has 2 fully saturated rings. The van der Waals surface area contributed by atoms with Crippen molar-refractivity contribution in [1.29, 1.82) is 0 Å². The third-order valence-electron chi connectivity index (χ3n) is 5.33. The van der Waals surface area contributed by atoms with Crippen LogP contribution in [0.1, 0.15) is 66.2 Å². The van der Waals surface area contributed by atoms with Crippen molar-refractivity contribution in [1.82, 2.24) is 10.2 Å². The van der Waals surface area contributed by atoms with Gasteiger partial charge in [-0.05, 0) is 30.6 Å². The van der Waals surface area contributed by atoms with Gasteiger partial charge in [-0.3, -0.25) is 4.90 Å². The standard InChI is InChI=1S/C17H34N2/c1-5-15(14-9-7-6-8-10-14)19-12-11-18-16(13-19)17(2,3)4/h14-16,18H,5-13H2,1-4H3. The van der Waals surface area contributed by atoms with E-state index in [1.54, 1.807) is 0 Å². The number of hydrogen-bond acceptors (Lipinski definition) is 2. The summed E-state index contributed by atoms with van der Waals surface area (Å²) < 4.78 is 0. The Labute approximate surface area is 120 Å². The van der Waals surface area contributed by atoms with Crippen LogP contribution in [0.4, 0.5) is 0 Å². The highest BCUT2D eigenvalue weighted by Crippen LogP contribution is 2.32. The molecule has 2 atom stereocenters. The molecule has 0 aromatic rings. The van der Waals surface area contributed by atoms with E-state index in [0.717, 1.165) is 12.0 Å². The zero-order valence-electron chi connectivity index (χ0n) is 13.5. The van der Waals surface area contributed by atoms with Crippen molar-refractivity contribution in [2.75, 3.05) is 19.6 Å². The van der Waals surface area contributed by atoms with E-state index in [4.69, 9.17) is 0 Å². The van der Waals surface area contributed by atoms with Crippen molar-refractivity contribution in [2.24, 2.45) is 11.3 Å². The van der Waals surface area contributed by atoms with Gasteiger partial charge in [0.25, 0.3) is 0 Å². The molecule has 1 saturated heterocycles. The van der Waals surface area contributed by atoms with Crippen LogP contribution in [0.25, 0.3) is 0 Å². The van der Waals surface area contributed by atoms with Gasteiger partial charge in [0.15, 0.2) is 0 Å². The second-order valence-electron chi connectivity index (χ2n) is 7.74. The maximum atomic E-state index is 3.73. The lowest BCUT2D eigenvalue weighted by Crippen LogP contribution is -2.59. The zero-order chi connectivity index (χ0) is 13.9. The number of rotatable bonds is 3. The highest BCUT2D eigenvalue weighted by Gasteiger charge is 2.34. The van der Waals surface area contributed by atoms with Crippen molar-refractivity contribution in [3.63, 3.8) is 0 Å². The molecule has 19 heavy (non-hydrogen) atoms. The van der Waals surface area contributed by atoms with E-state index in [-0.39, 0.29) is 0 Å². The van der Waals surface area contributed by atoms with Crippen molar-refractivity contribution >= 4 is 0 Å². The number of hydrogen-bond donors (Lipinski definition) is 1. The summed E-state index contributed by atoms with van der Waals surface area (Å²) in [5, 5.41) is 3.73. The molecule has 112 valence electrons. The SMILES string of the molecule is CCC(C1CCCCC1)N1CCNC(C(C)(C)C)C1. The van der Waals surface area contributed by atoms with Crippen molar-refractivity contribution < 1.29 is 0 Å². The first-order valence-corrected chi connectivity index (χ1v) is 8.49. The molecule has 2 aliphatic rings. The summed E-state index contributed by atoms with van der Waals surface area (Å²) in [6, 6.07) is 1.49. The van der Waals surface area contributed by atoms with Crippen molar-refractivity contribution in [2.45, 2.75) is 78.3 Å². The first kappa shape index (κ1) is 15.3. The van der Waals surface area contributed by atoms with Crippen LogP contribution < -0.4 is 5.32 Å². The van der Waals surface area contributed by atoms with Gasteiger partial charge in [-0.2, -0.15) is 0 Å². The van der Waals surface area contributed by atoms with E-state index in [2.05, 4.69) is 37.9 Å². The molecule has 0 amide bonds. The summed E-state index contributed by atoms with van der Waals surface area (Å²) >= 11 is 0. The largest absolute Gasteiger partial charge is 0.311 e. The number of nitrogens with one attached hydrogen (secondary N) is 1. The molecule has 0 bridgehead atoms. The normalized spacial score (nSPS) is 29.4. The topological polar surface area (TPSA) is 15.3 Å². The summed E-state index contributed by atoms with van der Waals surface area (Å²) in [6.07, 6.45) is 8.69. The molecule has 0 spiro atoms. The fourth-order valence-electron chi connectivity index (χ4n) is 4.06. The van der Waals surface area contributed by atoms with E-state index < -0.39 is 0 Å². The van der Waals surface area contributed by atoms with Gasteiger partial charge in [0, 0.05) is 31.7 Å². The van der Waals surface area contributed by atoms with Gasteiger partial charge in [0.2, 0.25) is 0 Å². The van der Waals surface area contributed by atoms with E-state index in [1.165, 1.54) is 58.2 Å². The van der Waals surface area contributed by atoms with Crippen molar-refractivity contribution in [3.8, 4) is 0 Å². The predicted molar refractivity (Wildman–Crippen MR) is 83.5 cm³/mol. The number of piperazine rings is 1. The van der Waals surface area contributed by atoms with Gasteiger partial charge in [0.05, 0.1) is 0 Å². The maximum absolute atomic E-state index is 3.73. The molecule has 0 radical (unpaired) electrons. The molecule has 2 rings (SSSR count). The van der Waals surface area contributed by atoms with Crippen LogP contribution in [0.2, 0.25) is 0 Å². The molecule has 0 aromatic heterocycles. The third-order valence-corrected chi connectivity index (χ3v) is 5.33. The summed E-state index contributed by atoms with van der Waals surface area (Å²) in [6.45, 7) is 13.2. The first-order valence-electron chi connectivity index (χ1n) is 8.49. The van der Waals surface area contributed by atoms with Crippen molar-refractivity contribution in [3.05, 3.63) is 0 Å². The summed E-state index contributed by atoms with van der Waals surface area (Å²) in [5.41, 5.74) is 0.378. The molecule has 2 heteroatoms. The maximum Gasteiger partial charge on any atom is 0.0244 e. The van der Waals surface area contributed by atoms with Gasteiger partial charge in [0.1, 0.15) is 0 Å². The van der Waals surface area contributed by atoms with Crippen LogP contribution >= 0.6 is 0 Å². The first-order chi connectivity index (χ1) is 9.02. The van der Waals surface area contributed by atoms with Gasteiger partial charge < -0.3 is 5.32 Å². The average Bonchev–Trinajstić information content (AvgIpc) is 2.40. The van der Waals surface area contributed by atoms with Crippen LogP contribution in [0.3, 0.4) is 0 Å². The lowest BCUT2D eigenvalue weighted by atomic mass is 9.80. The predicted octanol–water partition coefficient (Wildman–Crippen LogP) is 3.67. The van der Waals surface area contributed by atoms with Gasteiger partial charge in [-0.15, -0.1) is 0 Å². The van der Waals surface area contributed by atoms with E-state index in [1.807, 2.05) is 0 Å². The fourth-order valence-corrected chi connectivity index (χ4v) is 4.06. The molecule has 1 saturated carbocycles.